The van der Waals surface area contributed by atoms with Crippen LogP contribution in [0.2, 0.25) is 0 Å². The first-order valence-corrected chi connectivity index (χ1v) is 8.22. The minimum atomic E-state index is -0.138. The number of hydrogen-bond acceptors (Lipinski definition) is 3. The number of ether oxygens (including phenoxy) is 1. The zero-order valence-corrected chi connectivity index (χ0v) is 13.9. The molecule has 1 aliphatic heterocycles. The van der Waals surface area contributed by atoms with Crippen LogP contribution < -0.4 is 20.3 Å². The Morgan fingerprint density at radius 3 is 2.71 bits per heavy atom. The van der Waals surface area contributed by atoms with Gasteiger partial charge in [0, 0.05) is 36.9 Å². The monoisotopic (exact) mass is 325 g/mol. The standard InChI is InChI=1S/C19H23N3O2/c1-24-18-10-6-5-7-15(18)13-20-19(23)21-16-11-12-22(14-16)17-8-3-2-4-9-17/h2-10,16H,11-14H2,1H3,(H2,20,21,23). The van der Waals surface area contributed by atoms with E-state index >= 15 is 0 Å². The van der Waals surface area contributed by atoms with Crippen molar-refractivity contribution in [3.63, 3.8) is 0 Å². The molecule has 5 heteroatoms. The van der Waals surface area contributed by atoms with Crippen LogP contribution in [-0.2, 0) is 6.54 Å². The number of nitrogens with zero attached hydrogens (tertiary/aromatic N) is 1. The maximum atomic E-state index is 12.1. The van der Waals surface area contributed by atoms with Gasteiger partial charge in [0.05, 0.1) is 7.11 Å². The average Bonchev–Trinajstić information content (AvgIpc) is 3.09. The van der Waals surface area contributed by atoms with Gasteiger partial charge in [-0.3, -0.25) is 0 Å². The van der Waals surface area contributed by atoms with E-state index in [2.05, 4.69) is 27.7 Å². The molecule has 1 heterocycles. The van der Waals surface area contributed by atoms with Gasteiger partial charge in [-0.2, -0.15) is 0 Å². The van der Waals surface area contributed by atoms with Crippen LogP contribution in [0.1, 0.15) is 12.0 Å². The van der Waals surface area contributed by atoms with Gasteiger partial charge in [0.2, 0.25) is 0 Å². The van der Waals surface area contributed by atoms with E-state index in [0.29, 0.717) is 6.54 Å². The largest absolute Gasteiger partial charge is 0.496 e. The molecule has 2 N–H and O–H groups in total. The first-order valence-electron chi connectivity index (χ1n) is 8.22. The lowest BCUT2D eigenvalue weighted by atomic mass is 10.2. The smallest absolute Gasteiger partial charge is 0.315 e. The number of benzene rings is 2. The van der Waals surface area contributed by atoms with Crippen molar-refractivity contribution in [2.24, 2.45) is 0 Å². The Morgan fingerprint density at radius 2 is 1.92 bits per heavy atom. The molecule has 1 fully saturated rings. The lowest BCUT2D eigenvalue weighted by molar-refractivity contribution is 0.237. The quantitative estimate of drug-likeness (QED) is 0.889. The molecular weight excluding hydrogens is 302 g/mol. The van der Waals surface area contributed by atoms with Crippen molar-refractivity contribution in [3.05, 3.63) is 60.2 Å². The molecule has 1 atom stereocenters. The highest BCUT2D eigenvalue weighted by Gasteiger charge is 2.23. The fourth-order valence-corrected chi connectivity index (χ4v) is 3.01. The van der Waals surface area contributed by atoms with Gasteiger partial charge in [0.1, 0.15) is 5.75 Å². The Labute approximate surface area is 142 Å². The van der Waals surface area contributed by atoms with E-state index < -0.39 is 0 Å². The summed E-state index contributed by atoms with van der Waals surface area (Å²) in [5.74, 6) is 0.786. The molecule has 1 unspecified atom stereocenters. The summed E-state index contributed by atoms with van der Waals surface area (Å²) in [4.78, 5) is 14.4. The van der Waals surface area contributed by atoms with E-state index in [0.717, 1.165) is 30.8 Å². The Kier molecular flexibility index (Phi) is 5.21. The predicted molar refractivity (Wildman–Crippen MR) is 95.4 cm³/mol. The predicted octanol–water partition coefficient (Wildman–Crippen LogP) is 2.77. The molecular formula is C19H23N3O2. The van der Waals surface area contributed by atoms with E-state index in [4.69, 9.17) is 4.74 Å². The third kappa shape index (κ3) is 3.98. The van der Waals surface area contributed by atoms with Crippen LogP contribution in [0, 0.1) is 0 Å². The second-order valence-corrected chi connectivity index (χ2v) is 5.91. The highest BCUT2D eigenvalue weighted by Crippen LogP contribution is 2.20. The van der Waals surface area contributed by atoms with Crippen molar-refractivity contribution in [1.82, 2.24) is 10.6 Å². The number of anilines is 1. The zero-order valence-electron chi connectivity index (χ0n) is 13.9. The number of rotatable bonds is 5. The van der Waals surface area contributed by atoms with Gasteiger partial charge in [0.15, 0.2) is 0 Å². The summed E-state index contributed by atoms with van der Waals surface area (Å²) in [5.41, 5.74) is 2.17. The van der Waals surface area contributed by atoms with Crippen molar-refractivity contribution >= 4 is 11.7 Å². The van der Waals surface area contributed by atoms with Crippen molar-refractivity contribution in [3.8, 4) is 5.75 Å². The van der Waals surface area contributed by atoms with E-state index in [9.17, 15) is 4.79 Å². The third-order valence-electron chi connectivity index (χ3n) is 4.28. The lowest BCUT2D eigenvalue weighted by Gasteiger charge is -2.19. The van der Waals surface area contributed by atoms with E-state index in [-0.39, 0.29) is 12.1 Å². The molecule has 0 saturated carbocycles. The van der Waals surface area contributed by atoms with Gasteiger partial charge in [0.25, 0.3) is 0 Å². The number of amides is 2. The van der Waals surface area contributed by atoms with Gasteiger partial charge in [-0.05, 0) is 24.6 Å². The molecule has 2 amide bonds. The molecule has 0 radical (unpaired) electrons. The normalized spacial score (nSPS) is 16.7. The number of para-hydroxylation sites is 2. The van der Waals surface area contributed by atoms with Gasteiger partial charge in [-0.15, -0.1) is 0 Å². The molecule has 5 nitrogen and oxygen atoms in total. The van der Waals surface area contributed by atoms with Crippen molar-refractivity contribution in [2.75, 3.05) is 25.1 Å². The fourth-order valence-electron chi connectivity index (χ4n) is 3.01. The van der Waals surface area contributed by atoms with Crippen LogP contribution in [0.15, 0.2) is 54.6 Å². The minimum Gasteiger partial charge on any atom is -0.496 e. The van der Waals surface area contributed by atoms with Gasteiger partial charge >= 0.3 is 6.03 Å². The third-order valence-corrected chi connectivity index (χ3v) is 4.28. The van der Waals surface area contributed by atoms with Crippen molar-refractivity contribution in [2.45, 2.75) is 19.0 Å². The molecule has 24 heavy (non-hydrogen) atoms. The first-order chi connectivity index (χ1) is 11.8. The number of carbonyl (C=O) groups is 1. The lowest BCUT2D eigenvalue weighted by Crippen LogP contribution is -2.43. The molecule has 0 aliphatic carbocycles. The molecule has 2 aromatic rings. The van der Waals surface area contributed by atoms with Crippen LogP contribution >= 0.6 is 0 Å². The number of carbonyl (C=O) groups excluding carboxylic acids is 1. The van der Waals surface area contributed by atoms with Crippen LogP contribution in [0.25, 0.3) is 0 Å². The van der Waals surface area contributed by atoms with Crippen LogP contribution in [0.4, 0.5) is 10.5 Å². The molecule has 0 aromatic heterocycles. The maximum absolute atomic E-state index is 12.1. The summed E-state index contributed by atoms with van der Waals surface area (Å²) >= 11 is 0. The first kappa shape index (κ1) is 16.2. The molecule has 2 aromatic carbocycles. The van der Waals surface area contributed by atoms with Crippen molar-refractivity contribution in [1.29, 1.82) is 0 Å². The van der Waals surface area contributed by atoms with E-state index in [1.165, 1.54) is 5.69 Å². The SMILES string of the molecule is COc1ccccc1CNC(=O)NC1CCN(c2ccccc2)C1. The van der Waals surface area contributed by atoms with Crippen LogP contribution in [-0.4, -0.2) is 32.3 Å². The molecule has 0 spiro atoms. The Balaban J connectivity index is 1.48. The highest BCUT2D eigenvalue weighted by atomic mass is 16.5. The second-order valence-electron chi connectivity index (χ2n) is 5.91. The summed E-state index contributed by atoms with van der Waals surface area (Å²) in [7, 11) is 1.63. The van der Waals surface area contributed by atoms with Gasteiger partial charge in [-0.25, -0.2) is 4.79 Å². The topological polar surface area (TPSA) is 53.6 Å². The van der Waals surface area contributed by atoms with Gasteiger partial charge in [-0.1, -0.05) is 36.4 Å². The maximum Gasteiger partial charge on any atom is 0.315 e. The summed E-state index contributed by atoms with van der Waals surface area (Å²) in [5, 5.41) is 5.96. The highest BCUT2D eigenvalue weighted by molar-refractivity contribution is 5.74. The molecule has 3 rings (SSSR count). The molecule has 0 bridgehead atoms. The molecule has 1 saturated heterocycles. The van der Waals surface area contributed by atoms with E-state index in [1.807, 2.05) is 42.5 Å². The number of nitrogens with one attached hydrogen (secondary N) is 2. The summed E-state index contributed by atoms with van der Waals surface area (Å²) < 4.78 is 5.30. The Hall–Kier alpha value is -2.69. The zero-order chi connectivity index (χ0) is 16.8. The Morgan fingerprint density at radius 1 is 1.17 bits per heavy atom. The second kappa shape index (κ2) is 7.73. The summed E-state index contributed by atoms with van der Waals surface area (Å²) in [6.45, 7) is 2.25. The fraction of sp³-hybridized carbons (Fsp3) is 0.316. The number of hydrogen-bond donors (Lipinski definition) is 2. The number of methoxy groups -OCH3 is 1. The summed E-state index contributed by atoms with van der Waals surface area (Å²) in [6, 6.07) is 18.0. The van der Waals surface area contributed by atoms with Gasteiger partial charge < -0.3 is 20.3 Å². The van der Waals surface area contributed by atoms with Crippen molar-refractivity contribution < 1.29 is 9.53 Å². The Bertz CT molecular complexity index is 675. The van der Waals surface area contributed by atoms with Crippen LogP contribution in [0.5, 0.6) is 5.75 Å². The van der Waals surface area contributed by atoms with E-state index in [1.54, 1.807) is 7.11 Å². The average molecular weight is 325 g/mol. The minimum absolute atomic E-state index is 0.138. The number of urea groups is 1. The molecule has 1 aliphatic rings. The molecule has 126 valence electrons. The van der Waals surface area contributed by atoms with Crippen LogP contribution in [0.3, 0.4) is 0 Å². The summed E-state index contributed by atoms with van der Waals surface area (Å²) in [6.07, 6.45) is 0.955.